The van der Waals surface area contributed by atoms with E-state index >= 15 is 0 Å². The predicted molar refractivity (Wildman–Crippen MR) is 73.2 cm³/mol. The van der Waals surface area contributed by atoms with E-state index in [2.05, 4.69) is 0 Å². The zero-order chi connectivity index (χ0) is 15.0. The van der Waals surface area contributed by atoms with Crippen LogP contribution in [-0.4, -0.2) is 17.9 Å². The first kappa shape index (κ1) is 14.4. The van der Waals surface area contributed by atoms with Crippen molar-refractivity contribution < 1.29 is 17.9 Å². The lowest BCUT2D eigenvalue weighted by Gasteiger charge is -2.25. The number of allylic oxidation sites excluding steroid dienone is 1. The molecule has 0 fully saturated rings. The van der Waals surface area contributed by atoms with E-state index in [4.69, 9.17) is 4.55 Å². The van der Waals surface area contributed by atoms with Gasteiger partial charge in [0.15, 0.2) is 0 Å². The van der Waals surface area contributed by atoms with Crippen LogP contribution >= 0.6 is 0 Å². The summed E-state index contributed by atoms with van der Waals surface area (Å²) in [6, 6.07) is 6.88. The molecule has 0 heterocycles. The molecule has 1 aromatic rings. The van der Waals surface area contributed by atoms with E-state index in [-0.39, 0.29) is 11.3 Å². The summed E-state index contributed by atoms with van der Waals surface area (Å²) in [7, 11) is -4.34. The number of hydrogen-bond donors (Lipinski definition) is 1. The number of hydrogen-bond acceptors (Lipinski definition) is 4. The Labute approximate surface area is 116 Å². The summed E-state index contributed by atoms with van der Waals surface area (Å²) in [5.41, 5.74) is -0.246. The predicted octanol–water partition coefficient (Wildman–Crippen LogP) is 2.20. The molecule has 1 aliphatic carbocycles. The molecule has 1 N–H and O–H groups in total. The first-order valence-corrected chi connectivity index (χ1v) is 7.29. The van der Waals surface area contributed by atoms with Gasteiger partial charge >= 0.3 is 0 Å². The molecule has 106 valence electrons. The normalized spacial score (nSPS) is 22.4. The molecular weight excluding hydrogens is 282 g/mol. The fraction of sp³-hybridized carbons (Fsp3) is 0.231. The van der Waals surface area contributed by atoms with Crippen molar-refractivity contribution in [3.8, 4) is 0 Å². The third-order valence-electron chi connectivity index (χ3n) is 3.37. The van der Waals surface area contributed by atoms with Crippen LogP contribution in [0.4, 0.5) is 0 Å². The Kier molecular flexibility index (Phi) is 3.49. The third kappa shape index (κ3) is 2.37. The minimum absolute atomic E-state index is 0.128. The molecule has 1 aromatic carbocycles. The van der Waals surface area contributed by atoms with Crippen molar-refractivity contribution in [2.75, 3.05) is 0 Å². The maximum absolute atomic E-state index is 11.5. The highest BCUT2D eigenvalue weighted by Gasteiger charge is 2.44. The van der Waals surface area contributed by atoms with Crippen LogP contribution in [0, 0.1) is 17.0 Å². The standard InChI is InChI=1S/C13H13NO5S/c1-10-4-2-3-5-12(10)13(14(15)16)8-6-11(7-9-13)20(17,18)19/h2-8H,9H2,1H3,(H,17,18,19). The molecule has 1 aliphatic rings. The van der Waals surface area contributed by atoms with Crippen molar-refractivity contribution in [2.24, 2.45) is 0 Å². The van der Waals surface area contributed by atoms with Gasteiger partial charge in [-0.2, -0.15) is 8.42 Å². The lowest BCUT2D eigenvalue weighted by Crippen LogP contribution is -2.35. The third-order valence-corrected chi connectivity index (χ3v) is 4.27. The highest BCUT2D eigenvalue weighted by Crippen LogP contribution is 2.37. The van der Waals surface area contributed by atoms with Crippen LogP contribution in [0.1, 0.15) is 17.5 Å². The highest BCUT2D eigenvalue weighted by atomic mass is 32.2. The summed E-state index contributed by atoms with van der Waals surface area (Å²) in [5.74, 6) is 0. The van der Waals surface area contributed by atoms with Crippen molar-refractivity contribution >= 4 is 10.1 Å². The summed E-state index contributed by atoms with van der Waals surface area (Å²) in [6.07, 6.45) is 3.34. The molecule has 0 saturated carbocycles. The van der Waals surface area contributed by atoms with Crippen LogP contribution in [0.15, 0.2) is 47.4 Å². The molecule has 0 aliphatic heterocycles. The van der Waals surface area contributed by atoms with Crippen molar-refractivity contribution in [1.82, 2.24) is 0 Å². The van der Waals surface area contributed by atoms with Gasteiger partial charge in [-0.05, 0) is 24.6 Å². The number of nitrogens with zero attached hydrogens (tertiary/aromatic N) is 1. The van der Waals surface area contributed by atoms with E-state index in [1.807, 2.05) is 0 Å². The van der Waals surface area contributed by atoms with E-state index in [0.29, 0.717) is 5.56 Å². The summed E-state index contributed by atoms with van der Waals surface area (Å²) in [6.45, 7) is 1.76. The van der Waals surface area contributed by atoms with Gasteiger partial charge in [0.2, 0.25) is 0 Å². The topological polar surface area (TPSA) is 97.5 Å². The highest BCUT2D eigenvalue weighted by molar-refractivity contribution is 7.90. The fourth-order valence-electron chi connectivity index (χ4n) is 2.30. The first-order chi connectivity index (χ1) is 9.27. The molecule has 0 radical (unpaired) electrons. The molecular formula is C13H13NO5S. The molecule has 2 rings (SSSR count). The number of nitro groups is 1. The van der Waals surface area contributed by atoms with Crippen molar-refractivity contribution in [2.45, 2.75) is 18.9 Å². The molecule has 6 nitrogen and oxygen atoms in total. The van der Waals surface area contributed by atoms with Crippen LogP contribution < -0.4 is 0 Å². The van der Waals surface area contributed by atoms with Crippen LogP contribution in [0.25, 0.3) is 0 Å². The van der Waals surface area contributed by atoms with Crippen molar-refractivity contribution in [3.05, 3.63) is 68.6 Å². The minimum Gasteiger partial charge on any atom is -0.282 e. The summed E-state index contributed by atoms with van der Waals surface area (Å²) in [5, 5.41) is 11.5. The largest absolute Gasteiger partial charge is 0.294 e. The second-order valence-electron chi connectivity index (χ2n) is 4.62. The zero-order valence-electron chi connectivity index (χ0n) is 10.7. The van der Waals surface area contributed by atoms with Gasteiger partial charge in [-0.25, -0.2) is 0 Å². The Balaban J connectivity index is 2.53. The Bertz CT molecular complexity index is 720. The Morgan fingerprint density at radius 2 is 2.00 bits per heavy atom. The maximum atomic E-state index is 11.5. The molecule has 0 amide bonds. The summed E-state index contributed by atoms with van der Waals surface area (Å²) < 4.78 is 31.0. The second-order valence-corrected chi connectivity index (χ2v) is 6.04. The minimum atomic E-state index is -4.34. The number of benzene rings is 1. The van der Waals surface area contributed by atoms with Crippen LogP contribution in [-0.2, 0) is 15.7 Å². The smallest absolute Gasteiger partial charge is 0.282 e. The van der Waals surface area contributed by atoms with Gasteiger partial charge in [0, 0.05) is 16.9 Å². The first-order valence-electron chi connectivity index (χ1n) is 5.85. The van der Waals surface area contributed by atoms with Gasteiger partial charge in [0.25, 0.3) is 15.7 Å². The molecule has 0 aromatic heterocycles. The average molecular weight is 295 g/mol. The average Bonchev–Trinajstić information content (AvgIpc) is 2.38. The quantitative estimate of drug-likeness (QED) is 0.523. The van der Waals surface area contributed by atoms with Gasteiger partial charge < -0.3 is 0 Å². The molecule has 7 heteroatoms. The van der Waals surface area contributed by atoms with Gasteiger partial charge in [0.05, 0.1) is 4.91 Å². The summed E-state index contributed by atoms with van der Waals surface area (Å²) >= 11 is 0. The van der Waals surface area contributed by atoms with Crippen LogP contribution in [0.3, 0.4) is 0 Å². The fourth-order valence-corrected chi connectivity index (χ4v) is 2.83. The molecule has 1 atom stereocenters. The number of aryl methyl sites for hydroxylation is 1. The molecule has 0 spiro atoms. The molecule has 0 saturated heterocycles. The Morgan fingerprint density at radius 1 is 1.35 bits per heavy atom. The molecule has 20 heavy (non-hydrogen) atoms. The van der Waals surface area contributed by atoms with E-state index in [0.717, 1.165) is 11.6 Å². The van der Waals surface area contributed by atoms with Crippen molar-refractivity contribution in [3.63, 3.8) is 0 Å². The molecule has 1 unspecified atom stereocenters. The summed E-state index contributed by atoms with van der Waals surface area (Å²) in [4.78, 5) is 10.7. The Hall–Kier alpha value is -1.99. The monoisotopic (exact) mass is 295 g/mol. The van der Waals surface area contributed by atoms with E-state index in [1.54, 1.807) is 31.2 Å². The molecule has 0 bridgehead atoms. The van der Waals surface area contributed by atoms with Gasteiger partial charge in [0.1, 0.15) is 0 Å². The van der Waals surface area contributed by atoms with Gasteiger partial charge in [-0.3, -0.25) is 14.7 Å². The lowest BCUT2D eigenvalue weighted by atomic mass is 9.82. The lowest BCUT2D eigenvalue weighted by molar-refractivity contribution is -0.563. The van der Waals surface area contributed by atoms with E-state index in [1.165, 1.54) is 12.2 Å². The van der Waals surface area contributed by atoms with E-state index in [9.17, 15) is 18.5 Å². The van der Waals surface area contributed by atoms with Crippen LogP contribution in [0.2, 0.25) is 0 Å². The maximum Gasteiger partial charge on any atom is 0.294 e. The zero-order valence-corrected chi connectivity index (χ0v) is 11.5. The van der Waals surface area contributed by atoms with Gasteiger partial charge in [-0.1, -0.05) is 30.3 Å². The second kappa shape index (κ2) is 4.84. The SMILES string of the molecule is Cc1ccccc1C1([N+](=O)[O-])C=CC(S(=O)(=O)O)=CC1. The van der Waals surface area contributed by atoms with Crippen molar-refractivity contribution in [1.29, 1.82) is 0 Å². The Morgan fingerprint density at radius 3 is 2.45 bits per heavy atom. The van der Waals surface area contributed by atoms with Gasteiger partial charge in [-0.15, -0.1) is 0 Å². The number of rotatable bonds is 3. The van der Waals surface area contributed by atoms with E-state index < -0.39 is 20.6 Å². The van der Waals surface area contributed by atoms with Crippen LogP contribution in [0.5, 0.6) is 0 Å².